The minimum absolute atomic E-state index is 0.0762. The highest BCUT2D eigenvalue weighted by atomic mass is 16.5. The number of hydrogen-bond donors (Lipinski definition) is 3. The second-order valence-corrected chi connectivity index (χ2v) is 9.88. The van der Waals surface area contributed by atoms with Crippen LogP contribution < -0.4 is 9.47 Å². The zero-order valence-corrected chi connectivity index (χ0v) is 21.3. The van der Waals surface area contributed by atoms with Crippen molar-refractivity contribution in [3.63, 3.8) is 0 Å². The highest BCUT2D eigenvalue weighted by Crippen LogP contribution is 2.38. The first-order chi connectivity index (χ1) is 16.9. The monoisotopic (exact) mass is 503 g/mol. The second-order valence-electron chi connectivity index (χ2n) is 9.88. The number of furan rings is 1. The number of para-hydroxylation sites is 2. The molecule has 9 heteroatoms. The Morgan fingerprint density at radius 1 is 0.972 bits per heavy atom. The van der Waals surface area contributed by atoms with E-state index in [0.717, 1.165) is 18.6 Å². The molecule has 1 atom stereocenters. The number of aliphatic hydroxyl groups excluding tert-OH is 1. The van der Waals surface area contributed by atoms with E-state index in [9.17, 15) is 14.7 Å². The van der Waals surface area contributed by atoms with Gasteiger partial charge in [-0.25, -0.2) is 9.59 Å². The average Bonchev–Trinajstić information content (AvgIpc) is 3.32. The molecule has 3 rings (SSSR count). The van der Waals surface area contributed by atoms with Crippen LogP contribution in [0.2, 0.25) is 0 Å². The van der Waals surface area contributed by atoms with Crippen LogP contribution in [-0.2, 0) is 16.2 Å². The molecule has 36 heavy (non-hydrogen) atoms. The van der Waals surface area contributed by atoms with Crippen LogP contribution in [-0.4, -0.2) is 62.5 Å². The number of benzene rings is 1. The molecular weight excluding hydrogens is 466 g/mol. The van der Waals surface area contributed by atoms with E-state index in [2.05, 4.69) is 32.6 Å². The zero-order valence-electron chi connectivity index (χ0n) is 21.3. The third-order valence-electron chi connectivity index (χ3n) is 6.03. The average molecular weight is 504 g/mol. The summed E-state index contributed by atoms with van der Waals surface area (Å²) in [7, 11) is 0. The van der Waals surface area contributed by atoms with Gasteiger partial charge in [0.15, 0.2) is 11.5 Å². The first-order valence-corrected chi connectivity index (χ1v) is 11.9. The van der Waals surface area contributed by atoms with E-state index in [-0.39, 0.29) is 17.7 Å². The van der Waals surface area contributed by atoms with Crippen molar-refractivity contribution in [1.29, 1.82) is 0 Å². The van der Waals surface area contributed by atoms with E-state index in [1.807, 2.05) is 36.4 Å². The number of carboxylic acid groups (broad SMARTS) is 2. The van der Waals surface area contributed by atoms with Gasteiger partial charge >= 0.3 is 11.9 Å². The summed E-state index contributed by atoms with van der Waals surface area (Å²) < 4.78 is 17.0. The molecule has 1 aliphatic rings. The summed E-state index contributed by atoms with van der Waals surface area (Å²) in [6.45, 7) is 10.2. The van der Waals surface area contributed by atoms with Gasteiger partial charge in [0.2, 0.25) is 0 Å². The predicted molar refractivity (Wildman–Crippen MR) is 134 cm³/mol. The van der Waals surface area contributed by atoms with E-state index in [0.29, 0.717) is 36.8 Å². The molecular formula is C27H37NO8. The van der Waals surface area contributed by atoms with Crippen LogP contribution in [0.15, 0.2) is 59.2 Å². The Kier molecular flexibility index (Phi) is 10.6. The van der Waals surface area contributed by atoms with Crippen LogP contribution in [0.4, 0.5) is 0 Å². The van der Waals surface area contributed by atoms with Gasteiger partial charge in [-0.3, -0.25) is 4.90 Å². The SMILES string of the molecule is CC1(C)CCCC(C)(C)N1CC(O)COc1ccccc1OCc1ccco1.O=C(O)/C=C/C(=O)O. The van der Waals surface area contributed by atoms with Gasteiger partial charge in [-0.05, 0) is 71.2 Å². The van der Waals surface area contributed by atoms with Crippen LogP contribution in [0.3, 0.4) is 0 Å². The standard InChI is InChI=1S/C23H33NO4.C4H4O4/c1-22(2)12-8-13-23(3,4)24(22)15-18(25)16-27-20-10-5-6-11-21(20)28-17-19-9-7-14-26-19;5-3(6)1-2-4(7)8/h5-7,9-11,14,18,25H,8,12-13,15-17H2,1-4H3;1-2H,(H,5,6)(H,7,8)/b;2-1+. The predicted octanol–water partition coefficient (Wildman–Crippen LogP) is 4.35. The Bertz CT molecular complexity index is 965. The lowest BCUT2D eigenvalue weighted by molar-refractivity contribution is -0.134. The van der Waals surface area contributed by atoms with Crippen molar-refractivity contribution >= 4 is 11.9 Å². The number of ether oxygens (including phenoxy) is 2. The lowest BCUT2D eigenvalue weighted by Crippen LogP contribution is -2.60. The Morgan fingerprint density at radius 3 is 2.03 bits per heavy atom. The molecule has 1 aromatic carbocycles. The number of carboxylic acids is 2. The molecule has 0 bridgehead atoms. The van der Waals surface area contributed by atoms with Crippen molar-refractivity contribution < 1.29 is 38.8 Å². The Morgan fingerprint density at radius 2 is 1.53 bits per heavy atom. The van der Waals surface area contributed by atoms with Crippen LogP contribution in [0.5, 0.6) is 11.5 Å². The number of likely N-dealkylation sites (tertiary alicyclic amines) is 1. The molecule has 0 aliphatic carbocycles. The van der Waals surface area contributed by atoms with Gasteiger partial charge in [0.25, 0.3) is 0 Å². The van der Waals surface area contributed by atoms with E-state index < -0.39 is 18.0 Å². The summed E-state index contributed by atoms with van der Waals surface area (Å²) >= 11 is 0. The zero-order chi connectivity index (χ0) is 26.8. The highest BCUT2D eigenvalue weighted by Gasteiger charge is 2.41. The number of aliphatic carboxylic acids is 2. The molecule has 1 saturated heterocycles. The lowest BCUT2D eigenvalue weighted by atomic mass is 9.79. The normalized spacial score (nSPS) is 17.6. The molecule has 198 valence electrons. The topological polar surface area (TPSA) is 130 Å². The number of β-amino-alcohol motifs (C(OH)–C–C–N with tert-alkyl or cyclic N) is 1. The summed E-state index contributed by atoms with van der Waals surface area (Å²) in [5.74, 6) is -0.487. The van der Waals surface area contributed by atoms with Gasteiger partial charge in [0, 0.05) is 29.8 Å². The minimum Gasteiger partial charge on any atom is -0.487 e. The lowest BCUT2D eigenvalue weighted by Gasteiger charge is -2.53. The Balaban J connectivity index is 0.000000493. The van der Waals surface area contributed by atoms with Gasteiger partial charge in [0.05, 0.1) is 6.26 Å². The quantitative estimate of drug-likeness (QED) is 0.405. The molecule has 1 fully saturated rings. The number of nitrogens with zero attached hydrogens (tertiary/aromatic N) is 1. The van der Waals surface area contributed by atoms with E-state index in [1.54, 1.807) is 6.26 Å². The Labute approximate surface area is 211 Å². The number of aliphatic hydroxyl groups is 1. The third-order valence-corrected chi connectivity index (χ3v) is 6.03. The summed E-state index contributed by atoms with van der Waals surface area (Å²) in [5.41, 5.74) is 0.152. The van der Waals surface area contributed by atoms with Gasteiger partial charge < -0.3 is 29.2 Å². The van der Waals surface area contributed by atoms with Crippen molar-refractivity contribution in [3.05, 3.63) is 60.6 Å². The molecule has 1 aliphatic heterocycles. The first kappa shape index (κ1) is 28.9. The second kappa shape index (κ2) is 13.1. The maximum atomic E-state index is 10.7. The molecule has 9 nitrogen and oxygen atoms in total. The third kappa shape index (κ3) is 9.39. The Hall–Kier alpha value is -3.30. The molecule has 2 aromatic rings. The minimum atomic E-state index is -1.26. The van der Waals surface area contributed by atoms with E-state index in [4.69, 9.17) is 24.1 Å². The van der Waals surface area contributed by atoms with Gasteiger partial charge in [-0.15, -0.1) is 0 Å². The molecule has 0 radical (unpaired) electrons. The first-order valence-electron chi connectivity index (χ1n) is 11.9. The maximum absolute atomic E-state index is 10.7. The maximum Gasteiger partial charge on any atom is 0.328 e. The highest BCUT2D eigenvalue weighted by molar-refractivity contribution is 5.89. The van der Waals surface area contributed by atoms with Crippen molar-refractivity contribution in [1.82, 2.24) is 4.90 Å². The smallest absolute Gasteiger partial charge is 0.328 e. The van der Waals surface area contributed by atoms with Crippen molar-refractivity contribution in [2.45, 2.75) is 70.7 Å². The molecule has 1 unspecified atom stereocenters. The van der Waals surface area contributed by atoms with Crippen molar-refractivity contribution in [2.24, 2.45) is 0 Å². The van der Waals surface area contributed by atoms with Crippen LogP contribution >= 0.6 is 0 Å². The number of carbonyl (C=O) groups is 2. The summed E-state index contributed by atoms with van der Waals surface area (Å²) in [4.78, 5) is 21.5. The van der Waals surface area contributed by atoms with E-state index in [1.165, 1.54) is 6.42 Å². The van der Waals surface area contributed by atoms with E-state index >= 15 is 0 Å². The fraction of sp³-hybridized carbons (Fsp3) is 0.481. The number of rotatable bonds is 10. The molecule has 0 spiro atoms. The van der Waals surface area contributed by atoms with Gasteiger partial charge in [0.1, 0.15) is 25.1 Å². The summed E-state index contributed by atoms with van der Waals surface area (Å²) in [6.07, 6.45) is 5.69. The number of hydrogen-bond acceptors (Lipinski definition) is 7. The van der Waals surface area contributed by atoms with Crippen molar-refractivity contribution in [3.8, 4) is 11.5 Å². The van der Waals surface area contributed by atoms with Crippen LogP contribution in [0, 0.1) is 0 Å². The number of piperidine rings is 1. The fourth-order valence-corrected chi connectivity index (χ4v) is 4.36. The van der Waals surface area contributed by atoms with Crippen LogP contribution in [0.1, 0.15) is 52.7 Å². The molecule has 2 heterocycles. The van der Waals surface area contributed by atoms with Crippen LogP contribution in [0.25, 0.3) is 0 Å². The molecule has 3 N–H and O–H groups in total. The molecule has 1 aromatic heterocycles. The molecule has 0 amide bonds. The summed E-state index contributed by atoms with van der Waals surface area (Å²) in [5, 5.41) is 26.3. The summed E-state index contributed by atoms with van der Waals surface area (Å²) in [6, 6.07) is 11.2. The van der Waals surface area contributed by atoms with Gasteiger partial charge in [-0.1, -0.05) is 12.1 Å². The van der Waals surface area contributed by atoms with Gasteiger partial charge in [-0.2, -0.15) is 0 Å². The fourth-order valence-electron chi connectivity index (χ4n) is 4.36. The molecule has 0 saturated carbocycles. The van der Waals surface area contributed by atoms with Crippen molar-refractivity contribution in [2.75, 3.05) is 13.2 Å². The largest absolute Gasteiger partial charge is 0.487 e.